The molecular formula is C19H27N3O. The molecule has 1 N–H and O–H groups in total. The smallest absolute Gasteiger partial charge is 0.243 e. The number of amides is 1. The van der Waals surface area contributed by atoms with E-state index in [-0.39, 0.29) is 11.8 Å². The molecule has 2 atom stereocenters. The number of hydrogen-bond donors (Lipinski definition) is 1. The third kappa shape index (κ3) is 3.92. The number of carbonyl (C=O) groups is 1. The standard InChI is InChI=1S/C19H27N3O/c1-22(2)15-11-9-14(10-12-15)13-20-21-19(23)18-16-7-5-3-4-6-8-17(16)18/h9-13,16-18H,3-8H2,1-2H3,(H,21,23). The lowest BCUT2D eigenvalue weighted by Gasteiger charge is -2.11. The fourth-order valence-corrected chi connectivity index (χ4v) is 3.84. The zero-order valence-corrected chi connectivity index (χ0v) is 14.2. The van der Waals surface area contributed by atoms with Crippen LogP contribution in [-0.2, 0) is 4.79 Å². The van der Waals surface area contributed by atoms with Crippen molar-refractivity contribution in [2.24, 2.45) is 22.9 Å². The topological polar surface area (TPSA) is 44.7 Å². The first-order valence-corrected chi connectivity index (χ1v) is 8.77. The minimum Gasteiger partial charge on any atom is -0.378 e. The molecule has 1 amide bonds. The van der Waals surface area contributed by atoms with Gasteiger partial charge >= 0.3 is 0 Å². The molecular weight excluding hydrogens is 286 g/mol. The van der Waals surface area contributed by atoms with E-state index < -0.39 is 0 Å². The summed E-state index contributed by atoms with van der Waals surface area (Å²) in [5.41, 5.74) is 4.90. The van der Waals surface area contributed by atoms with Crippen molar-refractivity contribution in [2.45, 2.75) is 38.5 Å². The van der Waals surface area contributed by atoms with Gasteiger partial charge in [0, 0.05) is 25.7 Å². The fourth-order valence-electron chi connectivity index (χ4n) is 3.84. The lowest BCUT2D eigenvalue weighted by atomic mass is 10.0. The van der Waals surface area contributed by atoms with E-state index in [1.807, 2.05) is 38.4 Å². The maximum absolute atomic E-state index is 12.3. The first-order valence-electron chi connectivity index (χ1n) is 8.77. The molecule has 0 aromatic heterocycles. The van der Waals surface area contributed by atoms with Crippen molar-refractivity contribution in [3.8, 4) is 0 Å². The number of nitrogens with zero attached hydrogens (tertiary/aromatic N) is 2. The van der Waals surface area contributed by atoms with Crippen LogP contribution in [0.4, 0.5) is 5.69 Å². The lowest BCUT2D eigenvalue weighted by Crippen LogP contribution is -2.21. The van der Waals surface area contributed by atoms with Gasteiger partial charge in [-0.05, 0) is 42.4 Å². The Bertz CT molecular complexity index is 550. The van der Waals surface area contributed by atoms with Gasteiger partial charge in [-0.1, -0.05) is 37.8 Å². The summed E-state index contributed by atoms with van der Waals surface area (Å²) in [6.45, 7) is 0. The zero-order valence-electron chi connectivity index (χ0n) is 14.2. The molecule has 0 heterocycles. The maximum atomic E-state index is 12.3. The first-order chi connectivity index (χ1) is 11.2. The van der Waals surface area contributed by atoms with Crippen LogP contribution in [0.15, 0.2) is 29.4 Å². The van der Waals surface area contributed by atoms with E-state index >= 15 is 0 Å². The number of hydrogen-bond acceptors (Lipinski definition) is 3. The third-order valence-corrected chi connectivity index (χ3v) is 5.26. The van der Waals surface area contributed by atoms with Crippen LogP contribution < -0.4 is 10.3 Å². The second kappa shape index (κ2) is 7.16. The summed E-state index contributed by atoms with van der Waals surface area (Å²) < 4.78 is 0. The van der Waals surface area contributed by atoms with Crippen LogP contribution >= 0.6 is 0 Å². The molecule has 1 aromatic carbocycles. The van der Waals surface area contributed by atoms with Crippen molar-refractivity contribution >= 4 is 17.8 Å². The number of rotatable bonds is 4. The van der Waals surface area contributed by atoms with Crippen molar-refractivity contribution in [2.75, 3.05) is 19.0 Å². The van der Waals surface area contributed by atoms with Gasteiger partial charge in [0.2, 0.25) is 5.91 Å². The average molecular weight is 313 g/mol. The highest BCUT2D eigenvalue weighted by Gasteiger charge is 2.53. The summed E-state index contributed by atoms with van der Waals surface area (Å²) >= 11 is 0. The van der Waals surface area contributed by atoms with Gasteiger partial charge in [0.25, 0.3) is 0 Å². The molecule has 4 nitrogen and oxygen atoms in total. The van der Waals surface area contributed by atoms with Gasteiger partial charge in [0.15, 0.2) is 0 Å². The van der Waals surface area contributed by atoms with Gasteiger partial charge in [-0.25, -0.2) is 5.43 Å². The molecule has 2 fully saturated rings. The molecule has 124 valence electrons. The van der Waals surface area contributed by atoms with Crippen LogP contribution in [0.1, 0.15) is 44.1 Å². The van der Waals surface area contributed by atoms with E-state index in [2.05, 4.69) is 15.4 Å². The quantitative estimate of drug-likeness (QED) is 0.684. The summed E-state index contributed by atoms with van der Waals surface area (Å²) in [4.78, 5) is 14.4. The number of hydrazone groups is 1. The highest BCUT2D eigenvalue weighted by molar-refractivity contribution is 5.85. The van der Waals surface area contributed by atoms with Crippen molar-refractivity contribution in [3.63, 3.8) is 0 Å². The molecule has 23 heavy (non-hydrogen) atoms. The molecule has 2 saturated carbocycles. The van der Waals surface area contributed by atoms with Crippen LogP contribution in [0.3, 0.4) is 0 Å². The Balaban J connectivity index is 1.50. The summed E-state index contributed by atoms with van der Waals surface area (Å²) in [5, 5.41) is 4.14. The van der Waals surface area contributed by atoms with Crippen LogP contribution in [0, 0.1) is 17.8 Å². The molecule has 4 heteroatoms. The molecule has 0 spiro atoms. The summed E-state index contributed by atoms with van der Waals surface area (Å²) in [7, 11) is 4.03. The minimum absolute atomic E-state index is 0.114. The van der Waals surface area contributed by atoms with Crippen LogP contribution in [0.25, 0.3) is 0 Å². The zero-order chi connectivity index (χ0) is 16.2. The van der Waals surface area contributed by atoms with E-state index in [1.165, 1.54) is 38.5 Å². The highest BCUT2D eigenvalue weighted by atomic mass is 16.2. The molecule has 2 unspecified atom stereocenters. The SMILES string of the molecule is CN(C)c1ccc(C=NNC(=O)C2C3CCCCCCC32)cc1. The van der Waals surface area contributed by atoms with Crippen molar-refractivity contribution in [1.82, 2.24) is 5.43 Å². The monoisotopic (exact) mass is 313 g/mol. The van der Waals surface area contributed by atoms with Gasteiger partial charge in [-0.15, -0.1) is 0 Å². The Labute approximate surface area is 139 Å². The van der Waals surface area contributed by atoms with Crippen LogP contribution in [0.2, 0.25) is 0 Å². The van der Waals surface area contributed by atoms with Gasteiger partial charge in [-0.2, -0.15) is 5.10 Å². The second-order valence-corrected chi connectivity index (χ2v) is 7.07. The predicted octanol–water partition coefficient (Wildman–Crippen LogP) is 3.42. The minimum atomic E-state index is 0.114. The Morgan fingerprint density at radius 1 is 1.09 bits per heavy atom. The number of carbonyl (C=O) groups excluding carboxylic acids is 1. The number of anilines is 1. The summed E-state index contributed by atoms with van der Waals surface area (Å²) in [6.07, 6.45) is 9.40. The molecule has 0 bridgehead atoms. The number of nitrogens with one attached hydrogen (secondary N) is 1. The van der Waals surface area contributed by atoms with Crippen molar-refractivity contribution in [1.29, 1.82) is 0 Å². The molecule has 0 radical (unpaired) electrons. The van der Waals surface area contributed by atoms with E-state index in [4.69, 9.17) is 0 Å². The second-order valence-electron chi connectivity index (χ2n) is 7.07. The van der Waals surface area contributed by atoms with Crippen molar-refractivity contribution < 1.29 is 4.79 Å². The van der Waals surface area contributed by atoms with E-state index in [0.29, 0.717) is 11.8 Å². The Hall–Kier alpha value is -1.84. The largest absolute Gasteiger partial charge is 0.378 e. The third-order valence-electron chi connectivity index (χ3n) is 5.26. The molecule has 1 aromatic rings. The Morgan fingerprint density at radius 3 is 2.26 bits per heavy atom. The van der Waals surface area contributed by atoms with E-state index in [1.54, 1.807) is 6.21 Å². The highest BCUT2D eigenvalue weighted by Crippen LogP contribution is 2.53. The predicted molar refractivity (Wildman–Crippen MR) is 94.7 cm³/mol. The van der Waals surface area contributed by atoms with Gasteiger partial charge in [0.1, 0.15) is 0 Å². The number of benzene rings is 1. The molecule has 2 aliphatic rings. The molecule has 3 rings (SSSR count). The van der Waals surface area contributed by atoms with Gasteiger partial charge in [-0.3, -0.25) is 4.79 Å². The first kappa shape index (κ1) is 16.0. The molecule has 2 aliphatic carbocycles. The van der Waals surface area contributed by atoms with Crippen LogP contribution in [0.5, 0.6) is 0 Å². The number of fused-ring (bicyclic) bond motifs is 1. The summed E-state index contributed by atoms with van der Waals surface area (Å²) in [6, 6.07) is 8.11. The van der Waals surface area contributed by atoms with Crippen molar-refractivity contribution in [3.05, 3.63) is 29.8 Å². The van der Waals surface area contributed by atoms with Gasteiger partial charge in [0.05, 0.1) is 6.21 Å². The van der Waals surface area contributed by atoms with Gasteiger partial charge < -0.3 is 4.90 Å². The van der Waals surface area contributed by atoms with E-state index in [0.717, 1.165) is 11.3 Å². The van der Waals surface area contributed by atoms with E-state index in [9.17, 15) is 4.79 Å². The lowest BCUT2D eigenvalue weighted by molar-refractivity contribution is -0.122. The fraction of sp³-hybridized carbons (Fsp3) is 0.579. The molecule has 0 aliphatic heterocycles. The Kier molecular flexibility index (Phi) is 4.99. The summed E-state index contributed by atoms with van der Waals surface area (Å²) in [5.74, 6) is 1.55. The maximum Gasteiger partial charge on any atom is 0.243 e. The van der Waals surface area contributed by atoms with Crippen LogP contribution in [-0.4, -0.2) is 26.2 Å². The Morgan fingerprint density at radius 2 is 1.70 bits per heavy atom. The normalized spacial score (nSPS) is 27.0. The molecule has 0 saturated heterocycles. The average Bonchev–Trinajstić information content (AvgIpc) is 3.19.